The fraction of sp³-hybridized carbons (Fsp3) is 0.250. The number of carbonyl (C=O) groups is 1. The molecule has 0 spiro atoms. The highest BCUT2D eigenvalue weighted by molar-refractivity contribution is 9.10. The molecule has 1 aromatic carbocycles. The van der Waals surface area contributed by atoms with Gasteiger partial charge in [-0.2, -0.15) is 0 Å². The van der Waals surface area contributed by atoms with Gasteiger partial charge in [0, 0.05) is 5.56 Å². The van der Waals surface area contributed by atoms with Gasteiger partial charge in [0.25, 0.3) is 0 Å². The molecule has 1 aromatic rings. The number of halogens is 1. The van der Waals surface area contributed by atoms with Crippen molar-refractivity contribution in [2.24, 2.45) is 5.73 Å². The third-order valence-corrected chi connectivity index (χ3v) is 2.53. The zero-order valence-electron chi connectivity index (χ0n) is 9.13. The summed E-state index contributed by atoms with van der Waals surface area (Å²) in [5.74, 6) is 0.601. The van der Waals surface area contributed by atoms with E-state index in [0.717, 1.165) is 10.0 Å². The number of benzene rings is 1. The van der Waals surface area contributed by atoms with Gasteiger partial charge in [0.2, 0.25) is 0 Å². The van der Waals surface area contributed by atoms with Crippen LogP contribution in [0.2, 0.25) is 0 Å². The Morgan fingerprint density at radius 1 is 1.56 bits per heavy atom. The number of ether oxygens (including phenoxy) is 1. The van der Waals surface area contributed by atoms with Crippen LogP contribution >= 0.6 is 15.9 Å². The van der Waals surface area contributed by atoms with Gasteiger partial charge >= 0.3 is 0 Å². The van der Waals surface area contributed by atoms with E-state index in [1.807, 2.05) is 6.92 Å². The second-order valence-corrected chi connectivity index (χ2v) is 4.37. The lowest BCUT2D eigenvalue weighted by atomic mass is 10.1. The van der Waals surface area contributed by atoms with E-state index in [9.17, 15) is 4.79 Å². The molecule has 0 saturated heterocycles. The SMILES string of the molecule is C=C(C)COc1ccc(C(=O)CN)cc1Br. The highest BCUT2D eigenvalue weighted by Crippen LogP contribution is 2.26. The lowest BCUT2D eigenvalue weighted by Gasteiger charge is -2.08. The summed E-state index contributed by atoms with van der Waals surface area (Å²) in [6, 6.07) is 5.16. The van der Waals surface area contributed by atoms with Crippen LogP contribution in [0.3, 0.4) is 0 Å². The van der Waals surface area contributed by atoms with Crippen molar-refractivity contribution in [3.8, 4) is 5.75 Å². The van der Waals surface area contributed by atoms with E-state index in [2.05, 4.69) is 22.5 Å². The van der Waals surface area contributed by atoms with Gasteiger partial charge in [-0.1, -0.05) is 6.58 Å². The molecular weight excluding hydrogens is 270 g/mol. The number of nitrogens with two attached hydrogens (primary N) is 1. The minimum absolute atomic E-state index is 0.0123. The molecule has 86 valence electrons. The quantitative estimate of drug-likeness (QED) is 0.667. The van der Waals surface area contributed by atoms with Crippen LogP contribution in [0.4, 0.5) is 0 Å². The Kier molecular flexibility index (Phi) is 4.71. The Labute approximate surface area is 103 Å². The zero-order valence-corrected chi connectivity index (χ0v) is 10.7. The fourth-order valence-corrected chi connectivity index (χ4v) is 1.60. The molecule has 0 aliphatic heterocycles. The van der Waals surface area contributed by atoms with Crippen LogP contribution in [0.5, 0.6) is 5.75 Å². The number of carbonyl (C=O) groups excluding carboxylic acids is 1. The minimum Gasteiger partial charge on any atom is -0.488 e. The van der Waals surface area contributed by atoms with Crippen molar-refractivity contribution in [3.05, 3.63) is 40.4 Å². The monoisotopic (exact) mass is 283 g/mol. The smallest absolute Gasteiger partial charge is 0.176 e. The summed E-state index contributed by atoms with van der Waals surface area (Å²) in [5, 5.41) is 0. The fourth-order valence-electron chi connectivity index (χ4n) is 1.11. The molecular formula is C12H14BrNO2. The Morgan fingerprint density at radius 3 is 2.75 bits per heavy atom. The van der Waals surface area contributed by atoms with Gasteiger partial charge in [-0.15, -0.1) is 0 Å². The van der Waals surface area contributed by atoms with E-state index in [4.69, 9.17) is 10.5 Å². The number of hydrogen-bond acceptors (Lipinski definition) is 3. The molecule has 0 radical (unpaired) electrons. The molecule has 0 amide bonds. The van der Waals surface area contributed by atoms with Crippen molar-refractivity contribution >= 4 is 21.7 Å². The average molecular weight is 284 g/mol. The number of ketones is 1. The normalized spacial score (nSPS) is 9.94. The van der Waals surface area contributed by atoms with Crippen LogP contribution in [0, 0.1) is 0 Å². The molecule has 0 aliphatic carbocycles. The summed E-state index contributed by atoms with van der Waals surface area (Å²) < 4.78 is 6.22. The molecule has 4 heteroatoms. The molecule has 0 atom stereocenters. The van der Waals surface area contributed by atoms with E-state index < -0.39 is 0 Å². The highest BCUT2D eigenvalue weighted by atomic mass is 79.9. The van der Waals surface area contributed by atoms with Crippen LogP contribution in [-0.4, -0.2) is 18.9 Å². The Hall–Kier alpha value is -1.13. The number of Topliss-reactive ketones (excluding diaryl/α,β-unsaturated/α-hetero) is 1. The third kappa shape index (κ3) is 3.47. The molecule has 0 saturated carbocycles. The lowest BCUT2D eigenvalue weighted by Crippen LogP contribution is -2.13. The van der Waals surface area contributed by atoms with Gasteiger partial charge < -0.3 is 10.5 Å². The molecule has 0 aromatic heterocycles. The molecule has 3 nitrogen and oxygen atoms in total. The van der Waals surface area contributed by atoms with Gasteiger partial charge in [0.1, 0.15) is 12.4 Å². The standard InChI is InChI=1S/C12H14BrNO2/c1-8(2)7-16-12-4-3-9(5-10(12)13)11(15)6-14/h3-5H,1,6-7,14H2,2H3. The van der Waals surface area contributed by atoms with Crippen LogP contribution < -0.4 is 10.5 Å². The first kappa shape index (κ1) is 12.9. The number of rotatable bonds is 5. The predicted molar refractivity (Wildman–Crippen MR) is 67.8 cm³/mol. The first-order valence-electron chi connectivity index (χ1n) is 4.84. The molecule has 0 heterocycles. The van der Waals surface area contributed by atoms with Gasteiger partial charge in [-0.05, 0) is 46.6 Å². The first-order valence-corrected chi connectivity index (χ1v) is 5.64. The molecule has 2 N–H and O–H groups in total. The Bertz CT molecular complexity index is 415. The predicted octanol–water partition coefficient (Wildman–Crippen LogP) is 2.55. The van der Waals surface area contributed by atoms with Crippen LogP contribution in [0.25, 0.3) is 0 Å². The first-order chi connectivity index (χ1) is 7.54. The van der Waals surface area contributed by atoms with E-state index in [0.29, 0.717) is 17.9 Å². The van der Waals surface area contributed by atoms with Crippen LogP contribution in [0.15, 0.2) is 34.8 Å². The summed E-state index contributed by atoms with van der Waals surface area (Å²) in [7, 11) is 0. The van der Waals surface area contributed by atoms with Crippen molar-refractivity contribution in [1.82, 2.24) is 0 Å². The van der Waals surface area contributed by atoms with Gasteiger partial charge in [0.15, 0.2) is 5.78 Å². The Balaban J connectivity index is 2.83. The van der Waals surface area contributed by atoms with Gasteiger partial charge in [-0.3, -0.25) is 4.79 Å². The maximum absolute atomic E-state index is 11.3. The van der Waals surface area contributed by atoms with Crippen molar-refractivity contribution in [2.75, 3.05) is 13.2 Å². The second-order valence-electron chi connectivity index (χ2n) is 3.52. The number of hydrogen-bond donors (Lipinski definition) is 1. The van der Waals surface area contributed by atoms with Crippen LogP contribution in [-0.2, 0) is 0 Å². The van der Waals surface area contributed by atoms with Gasteiger partial charge in [0.05, 0.1) is 11.0 Å². The second kappa shape index (κ2) is 5.82. The summed E-state index contributed by atoms with van der Waals surface area (Å²) >= 11 is 3.35. The Morgan fingerprint density at radius 2 is 2.25 bits per heavy atom. The third-order valence-electron chi connectivity index (χ3n) is 1.91. The summed E-state index contributed by atoms with van der Waals surface area (Å²) in [6.45, 7) is 6.11. The minimum atomic E-state index is -0.0906. The van der Waals surface area contributed by atoms with E-state index in [1.165, 1.54) is 0 Å². The molecule has 0 bridgehead atoms. The molecule has 1 rings (SSSR count). The summed E-state index contributed by atoms with van der Waals surface area (Å²) in [5.41, 5.74) is 6.80. The topological polar surface area (TPSA) is 52.3 Å². The lowest BCUT2D eigenvalue weighted by molar-refractivity contribution is 0.100. The van der Waals surface area contributed by atoms with Crippen molar-refractivity contribution < 1.29 is 9.53 Å². The van der Waals surface area contributed by atoms with E-state index >= 15 is 0 Å². The van der Waals surface area contributed by atoms with Crippen molar-refractivity contribution in [3.63, 3.8) is 0 Å². The summed E-state index contributed by atoms with van der Waals surface area (Å²) in [6.07, 6.45) is 0. The van der Waals surface area contributed by atoms with Crippen molar-refractivity contribution in [2.45, 2.75) is 6.92 Å². The molecule has 0 unspecified atom stereocenters. The van der Waals surface area contributed by atoms with E-state index in [1.54, 1.807) is 18.2 Å². The van der Waals surface area contributed by atoms with E-state index in [-0.39, 0.29) is 12.3 Å². The maximum Gasteiger partial charge on any atom is 0.176 e. The molecule has 16 heavy (non-hydrogen) atoms. The maximum atomic E-state index is 11.3. The largest absolute Gasteiger partial charge is 0.488 e. The zero-order chi connectivity index (χ0) is 12.1. The van der Waals surface area contributed by atoms with Gasteiger partial charge in [-0.25, -0.2) is 0 Å². The average Bonchev–Trinajstić information content (AvgIpc) is 2.26. The van der Waals surface area contributed by atoms with Crippen molar-refractivity contribution in [1.29, 1.82) is 0 Å². The highest BCUT2D eigenvalue weighted by Gasteiger charge is 2.07. The molecule has 0 aliphatic rings. The summed E-state index contributed by atoms with van der Waals surface area (Å²) in [4.78, 5) is 11.3. The molecule has 0 fully saturated rings. The van der Waals surface area contributed by atoms with Crippen LogP contribution in [0.1, 0.15) is 17.3 Å².